The summed E-state index contributed by atoms with van der Waals surface area (Å²) >= 11 is 0. The minimum atomic E-state index is -1.91. The third-order valence-corrected chi connectivity index (χ3v) is 15.2. The molecule has 1 aliphatic heterocycles. The Bertz CT molecular complexity index is 1720. The van der Waals surface area contributed by atoms with Crippen molar-refractivity contribution in [3.63, 3.8) is 0 Å². The molecule has 478 valence electrons. The highest BCUT2D eigenvalue weighted by Crippen LogP contribution is 2.27. The number of carbonyl (C=O) groups is 4. The number of unbranched alkanes of at least 4 members (excludes halogenated alkanes) is 32. The number of ether oxygens (including phenoxy) is 5. The number of hydrogen-bond donors (Lipinski definition) is 3. The molecule has 12 nitrogen and oxygen atoms in total. The van der Waals surface area contributed by atoms with Crippen LogP contribution in [0.25, 0.3) is 0 Å². The zero-order valence-corrected chi connectivity index (χ0v) is 52.9. The molecule has 1 aliphatic rings. The van der Waals surface area contributed by atoms with E-state index in [0.717, 1.165) is 128 Å². The monoisotopic (exact) mass is 1170 g/mol. The van der Waals surface area contributed by atoms with Gasteiger partial charge in [-0.1, -0.05) is 241 Å². The van der Waals surface area contributed by atoms with Crippen LogP contribution < -0.4 is 0 Å². The average molecular weight is 1170 g/mol. The van der Waals surface area contributed by atoms with Gasteiger partial charge in [-0.15, -0.1) is 0 Å². The summed E-state index contributed by atoms with van der Waals surface area (Å²) in [6.45, 7) is 5.96. The normalized spacial score (nSPS) is 18.0. The predicted octanol–water partition coefficient (Wildman–Crippen LogP) is 18.5. The lowest BCUT2D eigenvalue weighted by Gasteiger charge is -2.40. The highest BCUT2D eigenvalue weighted by molar-refractivity contribution is 5.74. The second kappa shape index (κ2) is 58.5. The second-order valence-electron chi connectivity index (χ2n) is 23.1. The molecule has 0 radical (unpaired) electrons. The molecule has 6 atom stereocenters. The Morgan fingerprint density at radius 3 is 1.13 bits per heavy atom. The molecular weight excluding hydrogens is 1040 g/mol. The van der Waals surface area contributed by atoms with Crippen LogP contribution in [0.5, 0.6) is 0 Å². The maximum absolute atomic E-state index is 13.2. The summed E-state index contributed by atoms with van der Waals surface area (Å²) in [7, 11) is 0. The van der Waals surface area contributed by atoms with Crippen LogP contribution in [0.3, 0.4) is 0 Å². The number of carboxylic acid groups (broad SMARTS) is 1. The van der Waals surface area contributed by atoms with Gasteiger partial charge in [0.15, 0.2) is 24.6 Å². The van der Waals surface area contributed by atoms with E-state index >= 15 is 0 Å². The molecular formula is C71H122O12. The van der Waals surface area contributed by atoms with E-state index in [1.54, 1.807) is 0 Å². The van der Waals surface area contributed by atoms with Crippen molar-refractivity contribution in [3.8, 4) is 0 Å². The Morgan fingerprint density at radius 1 is 0.398 bits per heavy atom. The minimum absolute atomic E-state index is 0.0526. The molecule has 1 saturated heterocycles. The van der Waals surface area contributed by atoms with Crippen molar-refractivity contribution in [1.29, 1.82) is 0 Å². The molecule has 1 fully saturated rings. The number of rotatable bonds is 58. The molecule has 0 aliphatic carbocycles. The first-order valence-corrected chi connectivity index (χ1v) is 33.9. The summed E-state index contributed by atoms with van der Waals surface area (Å²) in [5.74, 6) is -3.14. The van der Waals surface area contributed by atoms with E-state index in [1.165, 1.54) is 116 Å². The quantitative estimate of drug-likeness (QED) is 0.0228. The highest BCUT2D eigenvalue weighted by Gasteiger charge is 2.50. The zero-order valence-electron chi connectivity index (χ0n) is 52.9. The summed E-state index contributed by atoms with van der Waals surface area (Å²) in [6.07, 6.45) is 62.7. The SMILES string of the molecule is CCCCC/C=C\C/C=C\C/C=C\CCCCCCCCC(=O)OCC(COC1OC(C(=O)O)C(O)C(O)C1OC(=O)CCCCCCCCC/C=C\CCCCCCCC)OC(=O)CCCCCCCCC/C=C\C/C=C\CCCCC. The fourth-order valence-electron chi connectivity index (χ4n) is 9.99. The van der Waals surface area contributed by atoms with Crippen molar-refractivity contribution < 1.29 is 58.2 Å². The van der Waals surface area contributed by atoms with Crippen LogP contribution in [0.1, 0.15) is 303 Å². The van der Waals surface area contributed by atoms with Crippen LogP contribution in [0.4, 0.5) is 0 Å². The van der Waals surface area contributed by atoms with Crippen LogP contribution in [-0.4, -0.2) is 89.2 Å². The van der Waals surface area contributed by atoms with Gasteiger partial charge in [0.25, 0.3) is 0 Å². The van der Waals surface area contributed by atoms with Crippen LogP contribution in [0, 0.1) is 0 Å². The van der Waals surface area contributed by atoms with Crippen LogP contribution in [0.15, 0.2) is 72.9 Å². The van der Waals surface area contributed by atoms with Crippen molar-refractivity contribution in [2.45, 2.75) is 340 Å². The molecule has 0 bridgehead atoms. The Morgan fingerprint density at radius 2 is 0.723 bits per heavy atom. The summed E-state index contributed by atoms with van der Waals surface area (Å²) in [5, 5.41) is 31.6. The summed E-state index contributed by atoms with van der Waals surface area (Å²) in [5.41, 5.74) is 0. The first-order chi connectivity index (χ1) is 40.6. The van der Waals surface area contributed by atoms with Gasteiger partial charge in [-0.2, -0.15) is 0 Å². The maximum Gasteiger partial charge on any atom is 0.335 e. The number of esters is 3. The minimum Gasteiger partial charge on any atom is -0.479 e. The first kappa shape index (κ1) is 77.2. The number of carbonyl (C=O) groups excluding carboxylic acids is 3. The van der Waals surface area contributed by atoms with Gasteiger partial charge in [0, 0.05) is 19.3 Å². The third kappa shape index (κ3) is 48.0. The van der Waals surface area contributed by atoms with Gasteiger partial charge in [-0.05, 0) is 116 Å². The van der Waals surface area contributed by atoms with Gasteiger partial charge in [0.1, 0.15) is 18.8 Å². The van der Waals surface area contributed by atoms with Crippen molar-refractivity contribution in [3.05, 3.63) is 72.9 Å². The van der Waals surface area contributed by atoms with Crippen molar-refractivity contribution in [2.75, 3.05) is 13.2 Å². The largest absolute Gasteiger partial charge is 0.479 e. The van der Waals surface area contributed by atoms with Gasteiger partial charge in [0.05, 0.1) is 6.61 Å². The standard InChI is InChI=1S/C71H122O12/c1-4-7-10-13-16-19-22-25-28-31-32-35-36-39-42-45-48-51-54-57-63(72)79-60-62(81-64(73)58-55-52-49-46-43-40-37-33-29-26-23-20-17-14-11-8-5-2)61-80-71-69(67(76)66(75)68(83-71)70(77)78)82-65(74)59-56-53-50-47-44-41-38-34-30-27-24-21-18-15-12-9-6-3/h16-17,19-20,25-30,32,35,62,66-69,71,75-76H,4-15,18,21-24,31,33-34,36-61H2,1-3H3,(H,77,78)/b19-16-,20-17-,28-25-,29-26-,30-27-,35-32-. The van der Waals surface area contributed by atoms with E-state index in [9.17, 15) is 34.5 Å². The van der Waals surface area contributed by atoms with E-state index in [4.69, 9.17) is 23.7 Å². The lowest BCUT2D eigenvalue weighted by Crippen LogP contribution is -2.61. The Kier molecular flexibility index (Phi) is 54.4. The molecule has 1 heterocycles. The van der Waals surface area contributed by atoms with Crippen LogP contribution in [0.2, 0.25) is 0 Å². The molecule has 0 aromatic carbocycles. The van der Waals surface area contributed by atoms with Gasteiger partial charge >= 0.3 is 23.9 Å². The molecule has 3 N–H and O–H groups in total. The molecule has 6 unspecified atom stereocenters. The molecule has 0 aromatic heterocycles. The zero-order chi connectivity index (χ0) is 60.3. The topological polar surface area (TPSA) is 175 Å². The molecule has 12 heteroatoms. The number of aliphatic hydroxyl groups excluding tert-OH is 2. The predicted molar refractivity (Wildman–Crippen MR) is 340 cm³/mol. The number of allylic oxidation sites excluding steroid dienone is 12. The van der Waals surface area contributed by atoms with E-state index in [0.29, 0.717) is 19.3 Å². The third-order valence-electron chi connectivity index (χ3n) is 15.2. The highest BCUT2D eigenvalue weighted by atomic mass is 16.7. The van der Waals surface area contributed by atoms with Gasteiger partial charge < -0.3 is 39.0 Å². The molecule has 0 aromatic rings. The first-order valence-electron chi connectivity index (χ1n) is 33.9. The van der Waals surface area contributed by atoms with Crippen LogP contribution >= 0.6 is 0 Å². The second-order valence-corrected chi connectivity index (χ2v) is 23.1. The molecule has 0 amide bonds. The Balaban J connectivity index is 2.66. The van der Waals surface area contributed by atoms with Gasteiger partial charge in [-0.25, -0.2) is 4.79 Å². The summed E-state index contributed by atoms with van der Waals surface area (Å²) in [6, 6.07) is 0. The van der Waals surface area contributed by atoms with Gasteiger partial charge in [-0.3, -0.25) is 14.4 Å². The fourth-order valence-corrected chi connectivity index (χ4v) is 9.99. The maximum atomic E-state index is 13.2. The lowest BCUT2D eigenvalue weighted by molar-refractivity contribution is -0.301. The van der Waals surface area contributed by atoms with Crippen molar-refractivity contribution >= 4 is 23.9 Å². The molecule has 1 rings (SSSR count). The van der Waals surface area contributed by atoms with Crippen LogP contribution in [-0.2, 0) is 42.9 Å². The Hall–Kier alpha value is -3.84. The molecule has 0 saturated carbocycles. The fraction of sp³-hybridized carbons (Fsp3) is 0.775. The number of hydrogen-bond acceptors (Lipinski definition) is 11. The Labute approximate surface area is 506 Å². The molecule has 83 heavy (non-hydrogen) atoms. The van der Waals surface area contributed by atoms with Crippen molar-refractivity contribution in [1.82, 2.24) is 0 Å². The average Bonchev–Trinajstić information content (AvgIpc) is 3.59. The number of carboxylic acids is 1. The van der Waals surface area contributed by atoms with E-state index in [2.05, 4.69) is 93.7 Å². The number of aliphatic carboxylic acids is 1. The number of aliphatic hydroxyl groups is 2. The summed E-state index contributed by atoms with van der Waals surface area (Å²) < 4.78 is 28.6. The smallest absolute Gasteiger partial charge is 0.335 e. The summed E-state index contributed by atoms with van der Waals surface area (Å²) in [4.78, 5) is 51.4. The lowest BCUT2D eigenvalue weighted by atomic mass is 9.98. The van der Waals surface area contributed by atoms with E-state index in [-0.39, 0.29) is 25.9 Å². The molecule has 0 spiro atoms. The van der Waals surface area contributed by atoms with E-state index < -0.39 is 67.3 Å². The van der Waals surface area contributed by atoms with Gasteiger partial charge in [0.2, 0.25) is 0 Å². The van der Waals surface area contributed by atoms with E-state index in [1.807, 2.05) is 0 Å². The van der Waals surface area contributed by atoms with Crippen molar-refractivity contribution in [2.24, 2.45) is 0 Å².